The van der Waals surface area contributed by atoms with Crippen molar-refractivity contribution in [2.75, 3.05) is 51.4 Å². The SMILES string of the molecule is CSCCC(CO)NC(=O)c1cnc2n[nH]c(-c3ccccc3)c2c1.O=C(NC1CC1)c1ccc2[nH]nc(-c3cccc(F)c3)c2n1.O=C(NC1CCC(O)CC1)c1cnc2n[nH]c(-c3ccccc3)c2c1.O=C(NC1CN2CCC1CC2)c1cnc2n[nH]c(-c3ccccc3)c2c1.O=C(NCC1CCCO1)c1ccc2[nH]nc(-c3cccc(F)c3)c2n1.O=C(NCc1ccco1)c1ccc2[nH]nc(-c3cccc(F)c3)c2n1. The second-order valence-electron chi connectivity index (χ2n) is 36.4. The van der Waals surface area contributed by atoms with E-state index >= 15 is 0 Å². The van der Waals surface area contributed by atoms with Gasteiger partial charge >= 0.3 is 0 Å². The van der Waals surface area contributed by atoms with Crippen molar-refractivity contribution in [3.63, 3.8) is 0 Å². The lowest BCUT2D eigenvalue weighted by Gasteiger charge is -2.44. The number of ether oxygens (including phenoxy) is 1. The van der Waals surface area contributed by atoms with Crippen molar-refractivity contribution < 1.29 is 61.3 Å². The average Bonchev–Trinajstić information content (AvgIpc) is 1.65. The highest BCUT2D eigenvalue weighted by Gasteiger charge is 2.36. The highest BCUT2D eigenvalue weighted by Crippen LogP contribution is 2.35. The Balaban J connectivity index is 0.000000112. The van der Waals surface area contributed by atoms with Crippen LogP contribution in [0.15, 0.2) is 260 Å². The number of furan rings is 1. The van der Waals surface area contributed by atoms with Crippen LogP contribution in [0.5, 0.6) is 0 Å². The van der Waals surface area contributed by atoms with Crippen LogP contribution >= 0.6 is 11.8 Å². The zero-order valence-corrected chi connectivity index (χ0v) is 81.1. The molecule has 2 bridgehead atoms. The number of piperidine rings is 3. The van der Waals surface area contributed by atoms with E-state index in [0.717, 1.165) is 127 Å². The molecule has 39 heteroatoms. The van der Waals surface area contributed by atoms with E-state index in [-0.39, 0.29) is 108 Å². The molecule has 0 radical (unpaired) electrons. The van der Waals surface area contributed by atoms with Crippen LogP contribution in [-0.4, -0.2) is 229 Å². The molecule has 148 heavy (non-hydrogen) atoms. The van der Waals surface area contributed by atoms with E-state index in [0.29, 0.717) is 130 Å². The molecular weight excluding hydrogens is 1910 g/mol. The Hall–Kier alpha value is -16.9. The summed E-state index contributed by atoms with van der Waals surface area (Å²) in [7, 11) is 0. The van der Waals surface area contributed by atoms with Gasteiger partial charge < -0.3 is 56.2 Å². The molecule has 35 nitrogen and oxygen atoms in total. The summed E-state index contributed by atoms with van der Waals surface area (Å²) in [5.41, 5.74) is 16.9. The summed E-state index contributed by atoms with van der Waals surface area (Å²) in [6.45, 7) is 4.71. The molecule has 6 amide bonds. The zero-order chi connectivity index (χ0) is 102. The van der Waals surface area contributed by atoms with Crippen LogP contribution in [0.1, 0.15) is 139 Å². The van der Waals surface area contributed by atoms with Crippen molar-refractivity contribution in [3.05, 3.63) is 312 Å². The summed E-state index contributed by atoms with van der Waals surface area (Å²) in [5.74, 6) is -0.0969. The first-order chi connectivity index (χ1) is 72.3. The molecule has 3 unspecified atom stereocenters. The molecule has 3 atom stereocenters. The van der Waals surface area contributed by atoms with Crippen LogP contribution in [0, 0.1) is 23.4 Å². The Labute approximate surface area is 848 Å². The van der Waals surface area contributed by atoms with E-state index in [9.17, 15) is 52.2 Å². The number of aliphatic hydroxyl groups is 2. The summed E-state index contributed by atoms with van der Waals surface area (Å²) in [6.07, 6.45) is 18.3. The molecule has 6 fully saturated rings. The molecule has 13 aromatic heterocycles. The second-order valence-corrected chi connectivity index (χ2v) is 37.4. The molecule has 17 heterocycles. The lowest BCUT2D eigenvalue weighted by atomic mass is 9.84. The Morgan fingerprint density at radius 2 is 0.872 bits per heavy atom. The van der Waals surface area contributed by atoms with E-state index in [1.165, 1.54) is 68.5 Å². The van der Waals surface area contributed by atoms with Gasteiger partial charge in [0, 0.05) is 106 Å². The fourth-order valence-electron chi connectivity index (χ4n) is 18.0. The Morgan fingerprint density at radius 1 is 0.446 bits per heavy atom. The van der Waals surface area contributed by atoms with Crippen LogP contribution in [0.3, 0.4) is 0 Å². The number of nitrogens with one attached hydrogen (secondary N) is 12. The van der Waals surface area contributed by atoms with Crippen molar-refractivity contribution in [2.45, 2.75) is 114 Å². The number of carbonyl (C=O) groups is 6. The van der Waals surface area contributed by atoms with Crippen LogP contribution in [0.4, 0.5) is 13.2 Å². The number of pyridine rings is 6. The van der Waals surface area contributed by atoms with Gasteiger partial charge in [-0.1, -0.05) is 127 Å². The molecule has 25 rings (SSSR count). The number of halogens is 3. The third kappa shape index (κ3) is 24.5. The molecule has 14 N–H and O–H groups in total. The largest absolute Gasteiger partial charge is 0.467 e. The van der Waals surface area contributed by atoms with E-state index in [4.69, 9.17) is 9.15 Å². The fourth-order valence-corrected chi connectivity index (χ4v) is 18.5. The maximum atomic E-state index is 13.5. The summed E-state index contributed by atoms with van der Waals surface area (Å²) < 4.78 is 51.0. The number of hydrogen-bond donors (Lipinski definition) is 14. The van der Waals surface area contributed by atoms with Gasteiger partial charge in [-0.25, -0.2) is 43.1 Å². The highest BCUT2D eigenvalue weighted by atomic mass is 32.2. The van der Waals surface area contributed by atoms with Crippen molar-refractivity contribution in [3.8, 4) is 67.5 Å². The normalized spacial score (nSPS) is 16.7. The van der Waals surface area contributed by atoms with Gasteiger partial charge in [0.1, 0.15) is 73.9 Å². The standard InChI is InChI=1S/C20H21N5O.C19H20N4O2.C18H17FN4O2.C18H13FN4O2.C18H20N4O2S.C16H13FN4O/c26-20(22-17-12-25-8-6-13(17)7-9-25)15-10-16-18(14-4-2-1-3-5-14)23-24-19(16)21-11-15;24-15-8-6-14(7-9-15)21-19(25)13-10-16-17(12-4-2-1-3-5-12)22-23-18(16)20-11-13;2*19-12-4-1-3-11(9-12)16-17-14(22-23-16)6-7-15(21-17)18(24)20-10-13-5-2-8-25-13;1-25-8-7-14(11-23)20-18(24)13-9-15-16(12-5-3-2-4-6-12)21-22-17(15)19-10-13;17-10-3-1-2-9(8-10)14-15-12(20-21-14)6-7-13(19-15)16(22)18-11-4-5-11/h1-5,10-11,13,17H,6-9,12H2,(H,22,26)(H,21,23,24);1-5,10-11,14-15,24H,6-9H2,(H,21,25)(H,20,22,23);1,3-4,6-7,9,13H,2,5,8,10H2,(H,20,24)(H,22,23);1-9H,10H2,(H,20,24)(H,22,23);2-6,9-10,14,23H,7-8,11H2,1H3,(H,20,24)(H,19,21,22);1-3,6-8,11H,4-5H2,(H,18,22)(H,20,21). The van der Waals surface area contributed by atoms with Crippen LogP contribution < -0.4 is 31.9 Å². The van der Waals surface area contributed by atoms with Crippen molar-refractivity contribution >= 4 is 113 Å². The molecule has 6 aromatic carbocycles. The minimum atomic E-state index is -0.360. The lowest BCUT2D eigenvalue weighted by molar-refractivity contribution is 0.0620. The molecule has 6 aliphatic rings. The van der Waals surface area contributed by atoms with Gasteiger partial charge in [0.15, 0.2) is 16.9 Å². The number of benzene rings is 6. The minimum Gasteiger partial charge on any atom is -0.467 e. The summed E-state index contributed by atoms with van der Waals surface area (Å²) >= 11 is 1.68. The fraction of sp³-hybridized carbons (Fsp3) is 0.248. The van der Waals surface area contributed by atoms with Gasteiger partial charge in [0.25, 0.3) is 35.4 Å². The first-order valence-electron chi connectivity index (χ1n) is 48.8. The van der Waals surface area contributed by atoms with Crippen molar-refractivity contribution in [1.29, 1.82) is 0 Å². The minimum absolute atomic E-state index is 0.0432. The van der Waals surface area contributed by atoms with E-state index in [1.807, 2.05) is 109 Å². The van der Waals surface area contributed by atoms with Gasteiger partial charge in [-0.15, -0.1) is 0 Å². The topological polar surface area (TPSA) is 490 Å². The number of carbonyl (C=O) groups excluding carboxylic acids is 6. The highest BCUT2D eigenvalue weighted by molar-refractivity contribution is 7.98. The summed E-state index contributed by atoms with van der Waals surface area (Å²) in [6, 6.07) is 67.6. The molecule has 752 valence electrons. The molecular formula is C109H104F3N25O10S. The predicted molar refractivity (Wildman–Crippen MR) is 555 cm³/mol. The molecule has 2 aliphatic carbocycles. The monoisotopic (exact) mass is 2010 g/mol. The number of hydrogen-bond acceptors (Lipinski definition) is 24. The summed E-state index contributed by atoms with van der Waals surface area (Å²) in [4.78, 5) is 103. The van der Waals surface area contributed by atoms with Crippen LogP contribution in [0.2, 0.25) is 0 Å². The predicted octanol–water partition coefficient (Wildman–Crippen LogP) is 16.2. The number of aliphatic hydroxyl groups excluding tert-OH is 2. The van der Waals surface area contributed by atoms with Crippen molar-refractivity contribution in [1.82, 2.24) is 128 Å². The van der Waals surface area contributed by atoms with E-state index in [1.54, 1.807) is 121 Å². The Morgan fingerprint density at radius 3 is 1.28 bits per heavy atom. The van der Waals surface area contributed by atoms with Gasteiger partial charge in [0.2, 0.25) is 0 Å². The third-order valence-electron chi connectivity index (χ3n) is 26.1. The number of fused-ring (bicyclic) bond motifs is 9. The van der Waals surface area contributed by atoms with E-state index < -0.39 is 0 Å². The number of H-pyrrole nitrogens is 6. The number of nitrogens with zero attached hydrogens (tertiary/aromatic N) is 13. The number of amides is 6. The Bertz CT molecular complexity index is 7750. The molecule has 0 spiro atoms. The van der Waals surface area contributed by atoms with E-state index in [2.05, 4.69) is 128 Å². The molecule has 19 aromatic rings. The smallest absolute Gasteiger partial charge is 0.270 e. The Kier molecular flexibility index (Phi) is 31.6. The zero-order valence-electron chi connectivity index (χ0n) is 80.2. The van der Waals surface area contributed by atoms with Crippen molar-refractivity contribution in [2.24, 2.45) is 5.92 Å². The van der Waals surface area contributed by atoms with Gasteiger partial charge in [-0.3, -0.25) is 59.4 Å². The first-order valence-corrected chi connectivity index (χ1v) is 50.2. The maximum Gasteiger partial charge on any atom is 0.270 e. The first kappa shape index (κ1) is 99.8. The number of rotatable bonds is 24. The molecule has 2 saturated carbocycles. The summed E-state index contributed by atoms with van der Waals surface area (Å²) in [5, 5.41) is 82.0. The molecule has 4 saturated heterocycles. The average molecular weight is 2010 g/mol. The number of aromatic amines is 6. The second kappa shape index (κ2) is 46.9. The van der Waals surface area contributed by atoms with Gasteiger partial charge in [-0.2, -0.15) is 42.4 Å². The number of thioether (sulfide) groups is 1. The molecule has 4 aliphatic heterocycles. The quantitative estimate of drug-likeness (QED) is 0.0267. The number of aromatic nitrogens is 18. The third-order valence-corrected chi connectivity index (χ3v) is 26.7. The van der Waals surface area contributed by atoms with Crippen LogP contribution in [-0.2, 0) is 11.3 Å². The van der Waals surface area contributed by atoms with Gasteiger partial charge in [0.05, 0.1) is 88.0 Å². The maximum absolute atomic E-state index is 13.5. The van der Waals surface area contributed by atoms with Crippen LogP contribution in [0.25, 0.3) is 134 Å². The van der Waals surface area contributed by atoms with Gasteiger partial charge in [-0.05, 0) is 205 Å². The lowest BCUT2D eigenvalue weighted by Crippen LogP contribution is -2.57.